The van der Waals surface area contributed by atoms with Crippen molar-refractivity contribution >= 4 is 5.97 Å². The topological polar surface area (TPSA) is 85.3 Å². The van der Waals surface area contributed by atoms with E-state index < -0.39 is 6.04 Å². The molecule has 17 heavy (non-hydrogen) atoms. The molecule has 0 spiro atoms. The Labute approximate surface area is 99.7 Å². The summed E-state index contributed by atoms with van der Waals surface area (Å²) in [6, 6.07) is 8.13. The van der Waals surface area contributed by atoms with E-state index in [1.807, 2.05) is 6.07 Å². The van der Waals surface area contributed by atoms with Crippen LogP contribution in [-0.4, -0.2) is 25.7 Å². The SMILES string of the molecule is COC(=O)c1ccc(COC[C@H](N)C#N)cc1. The van der Waals surface area contributed by atoms with Gasteiger partial charge >= 0.3 is 5.97 Å². The van der Waals surface area contributed by atoms with Gasteiger partial charge in [-0.3, -0.25) is 0 Å². The van der Waals surface area contributed by atoms with Crippen LogP contribution in [0, 0.1) is 11.3 Å². The zero-order valence-electron chi connectivity index (χ0n) is 9.55. The van der Waals surface area contributed by atoms with E-state index in [0.717, 1.165) is 5.56 Å². The van der Waals surface area contributed by atoms with Gasteiger partial charge in [0.1, 0.15) is 6.04 Å². The summed E-state index contributed by atoms with van der Waals surface area (Å²) >= 11 is 0. The van der Waals surface area contributed by atoms with Gasteiger partial charge in [-0.25, -0.2) is 4.79 Å². The standard InChI is InChI=1S/C12H14N2O3/c1-16-12(15)10-4-2-9(3-5-10)7-17-8-11(14)6-13/h2-5,11H,7-8,14H2,1H3/t11-/m1/s1. The summed E-state index contributed by atoms with van der Waals surface area (Å²) in [5, 5.41) is 8.45. The van der Waals surface area contributed by atoms with E-state index in [1.165, 1.54) is 7.11 Å². The van der Waals surface area contributed by atoms with Crippen molar-refractivity contribution in [3.05, 3.63) is 35.4 Å². The van der Waals surface area contributed by atoms with Crippen LogP contribution in [-0.2, 0) is 16.1 Å². The van der Waals surface area contributed by atoms with Crippen LogP contribution >= 0.6 is 0 Å². The van der Waals surface area contributed by atoms with Crippen molar-refractivity contribution in [1.29, 1.82) is 5.26 Å². The number of methoxy groups -OCH3 is 1. The molecule has 0 heterocycles. The summed E-state index contributed by atoms with van der Waals surface area (Å²) in [6.07, 6.45) is 0. The largest absolute Gasteiger partial charge is 0.465 e. The predicted octanol–water partition coefficient (Wildman–Crippen LogP) is 0.841. The zero-order chi connectivity index (χ0) is 12.7. The van der Waals surface area contributed by atoms with Crippen molar-refractivity contribution in [3.63, 3.8) is 0 Å². The molecule has 0 bridgehead atoms. The molecule has 1 aromatic rings. The average molecular weight is 234 g/mol. The minimum Gasteiger partial charge on any atom is -0.465 e. The lowest BCUT2D eigenvalue weighted by molar-refractivity contribution is 0.0600. The van der Waals surface area contributed by atoms with Gasteiger partial charge in [-0.2, -0.15) is 5.26 Å². The molecule has 90 valence electrons. The van der Waals surface area contributed by atoms with E-state index in [2.05, 4.69) is 4.74 Å². The number of hydrogen-bond donors (Lipinski definition) is 1. The molecule has 0 saturated carbocycles. The third-order valence-electron chi connectivity index (χ3n) is 2.11. The van der Waals surface area contributed by atoms with Gasteiger partial charge in [-0.05, 0) is 17.7 Å². The highest BCUT2D eigenvalue weighted by molar-refractivity contribution is 5.89. The molecule has 0 radical (unpaired) electrons. The maximum Gasteiger partial charge on any atom is 0.337 e. The van der Waals surface area contributed by atoms with Gasteiger partial charge in [0.15, 0.2) is 0 Å². The van der Waals surface area contributed by atoms with E-state index in [9.17, 15) is 4.79 Å². The molecule has 1 rings (SSSR count). The summed E-state index contributed by atoms with van der Waals surface area (Å²) in [5.74, 6) is -0.371. The molecule has 5 heteroatoms. The molecule has 0 aromatic heterocycles. The number of ether oxygens (including phenoxy) is 2. The van der Waals surface area contributed by atoms with Gasteiger partial charge in [-0.1, -0.05) is 12.1 Å². The summed E-state index contributed by atoms with van der Waals surface area (Å²) in [6.45, 7) is 0.548. The first-order chi connectivity index (χ1) is 8.17. The fourth-order valence-electron chi connectivity index (χ4n) is 1.20. The number of esters is 1. The number of nitrogens with zero attached hydrogens (tertiary/aromatic N) is 1. The smallest absolute Gasteiger partial charge is 0.337 e. The lowest BCUT2D eigenvalue weighted by atomic mass is 10.1. The number of benzene rings is 1. The highest BCUT2D eigenvalue weighted by atomic mass is 16.5. The molecule has 0 aliphatic carbocycles. The molecule has 0 unspecified atom stereocenters. The van der Waals surface area contributed by atoms with Gasteiger partial charge in [0.05, 0.1) is 32.0 Å². The van der Waals surface area contributed by atoms with Crippen LogP contribution in [0.1, 0.15) is 15.9 Å². The third-order valence-corrected chi connectivity index (χ3v) is 2.11. The van der Waals surface area contributed by atoms with E-state index in [4.69, 9.17) is 15.7 Å². The molecule has 0 fully saturated rings. The monoisotopic (exact) mass is 234 g/mol. The van der Waals surface area contributed by atoms with Crippen LogP contribution < -0.4 is 5.73 Å². The number of carbonyl (C=O) groups is 1. The molecule has 0 aliphatic heterocycles. The van der Waals surface area contributed by atoms with Crippen LogP contribution in [0.15, 0.2) is 24.3 Å². The van der Waals surface area contributed by atoms with Crippen LogP contribution in [0.2, 0.25) is 0 Å². The third kappa shape index (κ3) is 4.23. The Balaban J connectivity index is 2.46. The maximum atomic E-state index is 11.2. The van der Waals surface area contributed by atoms with Crippen molar-refractivity contribution in [2.45, 2.75) is 12.6 Å². The summed E-state index contributed by atoms with van der Waals surface area (Å²) < 4.78 is 9.82. The van der Waals surface area contributed by atoms with Gasteiger partial charge < -0.3 is 15.2 Å². The molecule has 0 aliphatic rings. The summed E-state index contributed by atoms with van der Waals surface area (Å²) in [7, 11) is 1.34. The fourth-order valence-corrected chi connectivity index (χ4v) is 1.20. The zero-order valence-corrected chi connectivity index (χ0v) is 9.55. The van der Waals surface area contributed by atoms with Gasteiger partial charge in [0.2, 0.25) is 0 Å². The van der Waals surface area contributed by atoms with Gasteiger partial charge in [0, 0.05) is 0 Å². The Hall–Kier alpha value is -1.90. The van der Waals surface area contributed by atoms with Crippen molar-refractivity contribution in [1.82, 2.24) is 0 Å². The lowest BCUT2D eigenvalue weighted by Crippen LogP contribution is -2.23. The van der Waals surface area contributed by atoms with E-state index >= 15 is 0 Å². The van der Waals surface area contributed by atoms with E-state index in [0.29, 0.717) is 12.2 Å². The second-order valence-electron chi connectivity index (χ2n) is 3.44. The molecule has 1 aromatic carbocycles. The van der Waals surface area contributed by atoms with Crippen LogP contribution in [0.4, 0.5) is 0 Å². The first kappa shape index (κ1) is 13.2. The van der Waals surface area contributed by atoms with Crippen molar-refractivity contribution in [3.8, 4) is 6.07 Å². The molecular formula is C12H14N2O3. The quantitative estimate of drug-likeness (QED) is 0.763. The highest BCUT2D eigenvalue weighted by Crippen LogP contribution is 2.06. The Morgan fingerprint density at radius 1 is 1.47 bits per heavy atom. The Kier molecular flexibility index (Phi) is 5.14. The summed E-state index contributed by atoms with van der Waals surface area (Å²) in [5.41, 5.74) is 6.77. The maximum absolute atomic E-state index is 11.2. The Morgan fingerprint density at radius 3 is 2.65 bits per heavy atom. The van der Waals surface area contributed by atoms with Crippen LogP contribution in [0.25, 0.3) is 0 Å². The van der Waals surface area contributed by atoms with Gasteiger partial charge in [0.25, 0.3) is 0 Å². The number of rotatable bonds is 5. The fraction of sp³-hybridized carbons (Fsp3) is 0.333. The molecular weight excluding hydrogens is 220 g/mol. The minimum absolute atomic E-state index is 0.190. The molecule has 2 N–H and O–H groups in total. The predicted molar refractivity (Wildman–Crippen MR) is 61.0 cm³/mol. The van der Waals surface area contributed by atoms with Gasteiger partial charge in [-0.15, -0.1) is 0 Å². The first-order valence-electron chi connectivity index (χ1n) is 5.07. The lowest BCUT2D eigenvalue weighted by Gasteiger charge is -2.06. The molecule has 5 nitrogen and oxygen atoms in total. The van der Waals surface area contributed by atoms with Crippen molar-refractivity contribution in [2.75, 3.05) is 13.7 Å². The van der Waals surface area contributed by atoms with Crippen molar-refractivity contribution in [2.24, 2.45) is 5.73 Å². The Morgan fingerprint density at radius 2 is 2.12 bits per heavy atom. The van der Waals surface area contributed by atoms with Crippen molar-refractivity contribution < 1.29 is 14.3 Å². The number of nitriles is 1. The van der Waals surface area contributed by atoms with Crippen LogP contribution in [0.5, 0.6) is 0 Å². The molecule has 0 amide bonds. The number of hydrogen-bond acceptors (Lipinski definition) is 5. The highest BCUT2D eigenvalue weighted by Gasteiger charge is 2.04. The van der Waals surface area contributed by atoms with Crippen LogP contribution in [0.3, 0.4) is 0 Å². The molecule has 1 atom stereocenters. The average Bonchev–Trinajstić information content (AvgIpc) is 2.38. The minimum atomic E-state index is -0.607. The summed E-state index contributed by atoms with van der Waals surface area (Å²) in [4.78, 5) is 11.2. The van der Waals surface area contributed by atoms with E-state index in [1.54, 1.807) is 24.3 Å². The van der Waals surface area contributed by atoms with E-state index in [-0.39, 0.29) is 12.6 Å². The Bertz CT molecular complexity index is 409. The molecule has 0 saturated heterocycles. The first-order valence-corrected chi connectivity index (χ1v) is 5.07. The normalized spacial score (nSPS) is 11.6. The number of nitrogens with two attached hydrogens (primary N) is 1. The second-order valence-corrected chi connectivity index (χ2v) is 3.44. The second kappa shape index (κ2) is 6.63. The number of carbonyl (C=O) groups excluding carboxylic acids is 1.